The van der Waals surface area contributed by atoms with Crippen LogP contribution in [0.5, 0.6) is 0 Å². The first-order valence-electron chi connectivity index (χ1n) is 10.1. The fourth-order valence-electron chi connectivity index (χ4n) is 2.99. The lowest BCUT2D eigenvalue weighted by Crippen LogP contribution is -2.24. The molecule has 8 heteroatoms. The van der Waals surface area contributed by atoms with Crippen LogP contribution in [0.4, 0.5) is 10.8 Å². The Bertz CT molecular complexity index is 1080. The van der Waals surface area contributed by atoms with Crippen LogP contribution in [0.25, 0.3) is 11.3 Å². The number of amides is 2. The number of anilines is 2. The summed E-state index contributed by atoms with van der Waals surface area (Å²) < 4.78 is 1.01. The van der Waals surface area contributed by atoms with Crippen molar-refractivity contribution >= 4 is 61.7 Å². The number of nitrogens with zero attached hydrogens (tertiary/aromatic N) is 1. The average molecular weight is 516 g/mol. The van der Waals surface area contributed by atoms with Crippen LogP contribution in [-0.2, 0) is 9.59 Å². The zero-order valence-electron chi connectivity index (χ0n) is 16.9. The monoisotopic (exact) mass is 515 g/mol. The van der Waals surface area contributed by atoms with E-state index in [1.807, 2.05) is 60.8 Å². The molecule has 1 aromatic heterocycles. The van der Waals surface area contributed by atoms with E-state index < -0.39 is 0 Å². The van der Waals surface area contributed by atoms with Crippen LogP contribution in [0.15, 0.2) is 63.3 Å². The summed E-state index contributed by atoms with van der Waals surface area (Å²) in [4.78, 5) is 30.4. The highest BCUT2D eigenvalue weighted by Gasteiger charge is 2.29. The van der Waals surface area contributed by atoms with Gasteiger partial charge in [0, 0.05) is 31.9 Å². The molecule has 4 rings (SSSR count). The van der Waals surface area contributed by atoms with Gasteiger partial charge >= 0.3 is 0 Å². The Kier molecular flexibility index (Phi) is 7.09. The van der Waals surface area contributed by atoms with Gasteiger partial charge in [0.1, 0.15) is 0 Å². The Morgan fingerprint density at radius 2 is 1.97 bits per heavy atom. The lowest BCUT2D eigenvalue weighted by Gasteiger charge is -2.14. The molecule has 160 valence electrons. The molecule has 1 fully saturated rings. The molecule has 1 atom stereocenters. The Hall–Kier alpha value is -2.16. The topological polar surface area (TPSA) is 71.1 Å². The fraction of sp³-hybridized carbons (Fsp3) is 0.261. The Morgan fingerprint density at radius 3 is 2.68 bits per heavy atom. The quantitative estimate of drug-likeness (QED) is 0.339. The number of hydrogen-bond acceptors (Lipinski definition) is 5. The molecule has 1 unspecified atom stereocenters. The molecule has 2 N–H and O–H groups in total. The van der Waals surface area contributed by atoms with Gasteiger partial charge in [0.15, 0.2) is 5.13 Å². The maximum absolute atomic E-state index is 12.9. The van der Waals surface area contributed by atoms with Crippen LogP contribution >= 0.6 is 39.0 Å². The molecular weight excluding hydrogens is 494 g/mol. The summed E-state index contributed by atoms with van der Waals surface area (Å²) in [6, 6.07) is 15.6. The van der Waals surface area contributed by atoms with Crippen LogP contribution in [0.3, 0.4) is 0 Å². The van der Waals surface area contributed by atoms with E-state index in [9.17, 15) is 9.59 Å². The molecule has 1 heterocycles. The van der Waals surface area contributed by atoms with Gasteiger partial charge in [0.05, 0.1) is 10.9 Å². The van der Waals surface area contributed by atoms with Crippen molar-refractivity contribution < 1.29 is 9.59 Å². The predicted octanol–water partition coefficient (Wildman–Crippen LogP) is 6.43. The van der Waals surface area contributed by atoms with E-state index in [-0.39, 0.29) is 23.0 Å². The van der Waals surface area contributed by atoms with Crippen molar-refractivity contribution in [2.45, 2.75) is 36.3 Å². The third kappa shape index (κ3) is 5.96. The number of thioether (sulfide) groups is 1. The molecule has 1 aliphatic rings. The van der Waals surface area contributed by atoms with Crippen molar-refractivity contribution in [3.05, 3.63) is 58.4 Å². The summed E-state index contributed by atoms with van der Waals surface area (Å²) in [5.74, 6) is 0.167. The molecular formula is C23H22BrN3O2S2. The number of aromatic nitrogens is 1. The van der Waals surface area contributed by atoms with Crippen molar-refractivity contribution in [1.29, 1.82) is 0 Å². The number of benzene rings is 2. The predicted molar refractivity (Wildman–Crippen MR) is 132 cm³/mol. The maximum Gasteiger partial charge on any atom is 0.239 e. The van der Waals surface area contributed by atoms with Gasteiger partial charge in [-0.2, -0.15) is 0 Å². The van der Waals surface area contributed by atoms with Crippen molar-refractivity contribution in [2.24, 2.45) is 5.92 Å². The Morgan fingerprint density at radius 1 is 1.19 bits per heavy atom. The number of carbonyl (C=O) groups excluding carboxylic acids is 2. The molecule has 1 saturated carbocycles. The summed E-state index contributed by atoms with van der Waals surface area (Å²) in [6.07, 6.45) is 2.62. The van der Waals surface area contributed by atoms with Gasteiger partial charge in [-0.25, -0.2) is 4.98 Å². The molecule has 1 aliphatic carbocycles. The van der Waals surface area contributed by atoms with Crippen LogP contribution in [-0.4, -0.2) is 22.0 Å². The van der Waals surface area contributed by atoms with Gasteiger partial charge < -0.3 is 10.6 Å². The third-order valence-corrected chi connectivity index (χ3v) is 7.51. The minimum Gasteiger partial charge on any atom is -0.326 e. The maximum atomic E-state index is 12.9. The van der Waals surface area contributed by atoms with E-state index in [1.54, 1.807) is 0 Å². The second kappa shape index (κ2) is 9.97. The van der Waals surface area contributed by atoms with Crippen LogP contribution < -0.4 is 10.6 Å². The van der Waals surface area contributed by atoms with Gasteiger partial charge in [-0.15, -0.1) is 23.1 Å². The minimum atomic E-state index is -0.255. The SMILES string of the molecule is CCC(Sc1cccc(NC(=O)C2CC2)c1)C(=O)Nc1nc(-c2ccc(Br)cc2)cs1. The second-order valence-corrected chi connectivity index (χ2v) is 10.4. The molecule has 0 radical (unpaired) electrons. The summed E-state index contributed by atoms with van der Waals surface area (Å²) >= 11 is 6.35. The average Bonchev–Trinajstić information content (AvgIpc) is 3.52. The second-order valence-electron chi connectivity index (χ2n) is 7.34. The summed E-state index contributed by atoms with van der Waals surface area (Å²) in [5, 5.41) is 8.19. The number of nitrogens with one attached hydrogen (secondary N) is 2. The van der Waals surface area contributed by atoms with Crippen LogP contribution in [0, 0.1) is 5.92 Å². The van der Waals surface area contributed by atoms with E-state index in [0.717, 1.165) is 39.2 Å². The minimum absolute atomic E-state index is 0.0726. The van der Waals surface area contributed by atoms with E-state index >= 15 is 0 Å². The van der Waals surface area contributed by atoms with E-state index in [2.05, 4.69) is 31.5 Å². The highest BCUT2D eigenvalue weighted by atomic mass is 79.9. The van der Waals surface area contributed by atoms with Gasteiger partial charge in [0.2, 0.25) is 11.8 Å². The lowest BCUT2D eigenvalue weighted by molar-refractivity contribution is -0.117. The molecule has 0 saturated heterocycles. The van der Waals surface area contributed by atoms with E-state index in [0.29, 0.717) is 11.6 Å². The van der Waals surface area contributed by atoms with Gasteiger partial charge in [0.25, 0.3) is 0 Å². The lowest BCUT2D eigenvalue weighted by atomic mass is 10.2. The zero-order valence-corrected chi connectivity index (χ0v) is 20.1. The third-order valence-electron chi connectivity index (χ3n) is 4.87. The largest absolute Gasteiger partial charge is 0.326 e. The molecule has 3 aromatic rings. The van der Waals surface area contributed by atoms with Crippen molar-refractivity contribution in [1.82, 2.24) is 4.98 Å². The summed E-state index contributed by atoms with van der Waals surface area (Å²) in [7, 11) is 0. The van der Waals surface area contributed by atoms with Gasteiger partial charge in [-0.3, -0.25) is 9.59 Å². The molecule has 2 aromatic carbocycles. The van der Waals surface area contributed by atoms with Crippen molar-refractivity contribution in [3.63, 3.8) is 0 Å². The number of rotatable bonds is 8. The summed E-state index contributed by atoms with van der Waals surface area (Å²) in [6.45, 7) is 1.99. The molecule has 0 spiro atoms. The fourth-order valence-corrected chi connectivity index (χ4v) is 4.99. The summed E-state index contributed by atoms with van der Waals surface area (Å²) in [5.41, 5.74) is 2.62. The normalized spacial score (nSPS) is 14.1. The van der Waals surface area contributed by atoms with Gasteiger partial charge in [-0.1, -0.05) is 41.1 Å². The van der Waals surface area contributed by atoms with Crippen molar-refractivity contribution in [3.8, 4) is 11.3 Å². The number of hydrogen-bond donors (Lipinski definition) is 2. The highest BCUT2D eigenvalue weighted by Crippen LogP contribution is 2.32. The molecule has 5 nitrogen and oxygen atoms in total. The number of halogens is 1. The van der Waals surface area contributed by atoms with Crippen LogP contribution in [0.2, 0.25) is 0 Å². The molecule has 31 heavy (non-hydrogen) atoms. The standard InChI is InChI=1S/C23H22BrN3O2S2/c1-2-20(31-18-5-3-4-17(12-18)25-21(28)15-6-7-15)22(29)27-23-26-19(13-30-23)14-8-10-16(24)11-9-14/h3-5,8-13,15,20H,2,6-7H2,1H3,(H,25,28)(H,26,27,29). The Balaban J connectivity index is 1.38. The molecule has 0 bridgehead atoms. The first kappa shape index (κ1) is 22.0. The van der Waals surface area contributed by atoms with E-state index in [1.165, 1.54) is 23.1 Å². The number of thiazole rings is 1. The Labute approximate surface area is 198 Å². The van der Waals surface area contributed by atoms with Gasteiger partial charge in [-0.05, 0) is 49.6 Å². The zero-order chi connectivity index (χ0) is 21.8. The van der Waals surface area contributed by atoms with Crippen LogP contribution in [0.1, 0.15) is 26.2 Å². The smallest absolute Gasteiger partial charge is 0.239 e. The number of carbonyl (C=O) groups is 2. The van der Waals surface area contributed by atoms with E-state index in [4.69, 9.17) is 0 Å². The molecule has 0 aliphatic heterocycles. The molecule has 2 amide bonds. The van der Waals surface area contributed by atoms with Crippen molar-refractivity contribution in [2.75, 3.05) is 10.6 Å². The first-order valence-corrected chi connectivity index (χ1v) is 12.7. The highest BCUT2D eigenvalue weighted by molar-refractivity contribution is 9.10. The first-order chi connectivity index (χ1) is 15.0.